The smallest absolute Gasteiger partial charge is 0.180 e. The number of rotatable bonds is 1. The fourth-order valence-corrected chi connectivity index (χ4v) is 1.95. The highest BCUT2D eigenvalue weighted by Crippen LogP contribution is 2.32. The first-order valence-corrected chi connectivity index (χ1v) is 4.90. The molecule has 0 bridgehead atoms. The summed E-state index contributed by atoms with van der Waals surface area (Å²) in [4.78, 5) is 11.9. The molecule has 0 spiro atoms. The van der Waals surface area contributed by atoms with Gasteiger partial charge in [0.05, 0.1) is 6.04 Å². The molecule has 0 aromatic heterocycles. The third kappa shape index (κ3) is 1.57. The molecule has 0 unspecified atom stereocenters. The monoisotopic (exact) mass is 207 g/mol. The molecule has 0 amide bonds. The van der Waals surface area contributed by atoms with Gasteiger partial charge in [-0.15, -0.1) is 0 Å². The fraction of sp³-hybridized carbons (Fsp3) is 0.364. The van der Waals surface area contributed by atoms with Crippen LogP contribution in [0.2, 0.25) is 0 Å². The number of ketones is 1. The van der Waals surface area contributed by atoms with E-state index in [4.69, 9.17) is 0 Å². The number of carbonyl (C=O) groups is 1. The Kier molecular flexibility index (Phi) is 2.36. The molecule has 4 nitrogen and oxygen atoms in total. The lowest BCUT2D eigenvalue weighted by Gasteiger charge is -2.23. The van der Waals surface area contributed by atoms with Crippen LogP contribution >= 0.6 is 0 Å². The van der Waals surface area contributed by atoms with E-state index in [9.17, 15) is 15.0 Å². The Hall–Kier alpha value is -1.55. The fourth-order valence-electron chi connectivity index (χ4n) is 1.95. The van der Waals surface area contributed by atoms with E-state index in [1.54, 1.807) is 7.05 Å². The largest absolute Gasteiger partial charge is 0.504 e. The summed E-state index contributed by atoms with van der Waals surface area (Å²) >= 11 is 0. The molecular weight excluding hydrogens is 194 g/mol. The number of Topliss-reactive ketones (excluding diaryl/α,β-unsaturated/α-hetero) is 1. The van der Waals surface area contributed by atoms with E-state index >= 15 is 0 Å². The maximum Gasteiger partial charge on any atom is 0.180 e. The lowest BCUT2D eigenvalue weighted by molar-refractivity contribution is 0.0932. The van der Waals surface area contributed by atoms with Crippen molar-refractivity contribution in [1.29, 1.82) is 0 Å². The average molecular weight is 207 g/mol. The number of nitrogens with one attached hydrogen (secondary N) is 1. The highest BCUT2D eigenvalue weighted by Gasteiger charge is 2.27. The van der Waals surface area contributed by atoms with E-state index in [1.165, 1.54) is 12.1 Å². The van der Waals surface area contributed by atoms with Gasteiger partial charge >= 0.3 is 0 Å². The van der Waals surface area contributed by atoms with Crippen LogP contribution in [-0.2, 0) is 6.42 Å². The molecule has 4 heteroatoms. The molecule has 15 heavy (non-hydrogen) atoms. The van der Waals surface area contributed by atoms with Crippen molar-refractivity contribution in [3.8, 4) is 11.5 Å². The molecule has 0 saturated heterocycles. The van der Waals surface area contributed by atoms with Crippen molar-refractivity contribution < 1.29 is 15.0 Å². The minimum absolute atomic E-state index is 0.0194. The van der Waals surface area contributed by atoms with Gasteiger partial charge in [0.1, 0.15) is 0 Å². The van der Waals surface area contributed by atoms with Gasteiger partial charge in [-0.25, -0.2) is 0 Å². The van der Waals surface area contributed by atoms with E-state index in [1.807, 2.05) is 0 Å². The number of benzene rings is 1. The minimum Gasteiger partial charge on any atom is -0.504 e. The maximum atomic E-state index is 11.9. The number of hydrogen-bond donors (Lipinski definition) is 3. The van der Waals surface area contributed by atoms with E-state index in [0.717, 1.165) is 18.4 Å². The third-order valence-corrected chi connectivity index (χ3v) is 2.83. The molecule has 1 aliphatic carbocycles. The Morgan fingerprint density at radius 2 is 2.00 bits per heavy atom. The van der Waals surface area contributed by atoms with Crippen LogP contribution in [-0.4, -0.2) is 29.1 Å². The van der Waals surface area contributed by atoms with Crippen LogP contribution in [0.25, 0.3) is 0 Å². The van der Waals surface area contributed by atoms with Crippen molar-refractivity contribution in [2.45, 2.75) is 18.9 Å². The van der Waals surface area contributed by atoms with Gasteiger partial charge in [0.25, 0.3) is 0 Å². The second kappa shape index (κ2) is 3.55. The summed E-state index contributed by atoms with van der Waals surface area (Å²) in [6.07, 6.45) is 1.47. The molecule has 2 rings (SSSR count). The van der Waals surface area contributed by atoms with E-state index in [0.29, 0.717) is 5.56 Å². The summed E-state index contributed by atoms with van der Waals surface area (Å²) in [7, 11) is 1.74. The van der Waals surface area contributed by atoms with Gasteiger partial charge in [0.15, 0.2) is 17.3 Å². The highest BCUT2D eigenvalue weighted by atomic mass is 16.3. The number of aryl methyl sites for hydroxylation is 1. The zero-order chi connectivity index (χ0) is 11.0. The summed E-state index contributed by atoms with van der Waals surface area (Å²) in [5.41, 5.74) is 1.32. The first-order valence-electron chi connectivity index (χ1n) is 4.90. The molecular formula is C11H13NO3. The predicted octanol–water partition coefficient (Wildman–Crippen LogP) is 0.815. The summed E-state index contributed by atoms with van der Waals surface area (Å²) in [5, 5.41) is 21.6. The molecule has 0 saturated carbocycles. The van der Waals surface area contributed by atoms with Crippen molar-refractivity contribution in [3.05, 3.63) is 23.3 Å². The molecule has 1 aromatic rings. The van der Waals surface area contributed by atoms with E-state index < -0.39 is 0 Å². The predicted molar refractivity (Wildman–Crippen MR) is 55.3 cm³/mol. The first kappa shape index (κ1) is 9.98. The van der Waals surface area contributed by atoms with Gasteiger partial charge < -0.3 is 15.5 Å². The van der Waals surface area contributed by atoms with E-state index in [-0.39, 0.29) is 23.3 Å². The molecule has 0 fully saturated rings. The number of phenols is 2. The van der Waals surface area contributed by atoms with Crippen LogP contribution in [0.4, 0.5) is 0 Å². The van der Waals surface area contributed by atoms with E-state index in [2.05, 4.69) is 5.32 Å². The van der Waals surface area contributed by atoms with Crippen molar-refractivity contribution in [2.75, 3.05) is 7.05 Å². The molecule has 1 atom stereocenters. The highest BCUT2D eigenvalue weighted by molar-refractivity contribution is 6.02. The van der Waals surface area contributed by atoms with Gasteiger partial charge in [0.2, 0.25) is 0 Å². The number of aromatic hydroxyl groups is 2. The Bertz CT molecular complexity index is 415. The molecule has 0 aliphatic heterocycles. The van der Waals surface area contributed by atoms with Crippen LogP contribution < -0.4 is 5.32 Å². The van der Waals surface area contributed by atoms with Crippen molar-refractivity contribution in [1.82, 2.24) is 5.32 Å². The molecule has 1 aliphatic rings. The van der Waals surface area contributed by atoms with Gasteiger partial charge in [-0.3, -0.25) is 4.79 Å². The van der Waals surface area contributed by atoms with Crippen molar-refractivity contribution in [3.63, 3.8) is 0 Å². The quantitative estimate of drug-likeness (QED) is 0.596. The third-order valence-electron chi connectivity index (χ3n) is 2.83. The summed E-state index contributed by atoms with van der Waals surface area (Å²) in [6.45, 7) is 0. The first-order chi connectivity index (χ1) is 7.13. The average Bonchev–Trinajstić information content (AvgIpc) is 2.22. The number of fused-ring (bicyclic) bond motifs is 1. The zero-order valence-electron chi connectivity index (χ0n) is 8.45. The van der Waals surface area contributed by atoms with Gasteiger partial charge in [0, 0.05) is 5.56 Å². The van der Waals surface area contributed by atoms with Gasteiger partial charge in [-0.1, -0.05) is 0 Å². The van der Waals surface area contributed by atoms with Crippen molar-refractivity contribution in [2.24, 2.45) is 0 Å². The number of phenolic OH excluding ortho intramolecular Hbond substituents is 2. The topological polar surface area (TPSA) is 69.6 Å². The Morgan fingerprint density at radius 1 is 1.33 bits per heavy atom. The van der Waals surface area contributed by atoms with Gasteiger partial charge in [-0.05, 0) is 37.6 Å². The summed E-state index contributed by atoms with van der Waals surface area (Å²) < 4.78 is 0. The lowest BCUT2D eigenvalue weighted by atomic mass is 9.87. The lowest BCUT2D eigenvalue weighted by Crippen LogP contribution is -2.37. The van der Waals surface area contributed by atoms with Crippen LogP contribution in [0.3, 0.4) is 0 Å². The Balaban J connectivity index is 2.48. The SMILES string of the molecule is CN[C@H]1CCc2cc(O)c(O)cc2C1=O. The van der Waals surface area contributed by atoms with Crippen LogP contribution in [0, 0.1) is 0 Å². The number of carbonyl (C=O) groups excluding carboxylic acids is 1. The summed E-state index contributed by atoms with van der Waals surface area (Å²) in [6, 6.07) is 2.63. The maximum absolute atomic E-state index is 11.9. The molecule has 0 radical (unpaired) electrons. The molecule has 0 heterocycles. The molecule has 1 aromatic carbocycles. The van der Waals surface area contributed by atoms with Gasteiger partial charge in [-0.2, -0.15) is 0 Å². The minimum atomic E-state index is -0.237. The van der Waals surface area contributed by atoms with Crippen molar-refractivity contribution >= 4 is 5.78 Å². The normalized spacial score (nSPS) is 20.1. The summed E-state index contributed by atoms with van der Waals surface area (Å²) in [5.74, 6) is -0.419. The molecule has 80 valence electrons. The van der Waals surface area contributed by atoms with Crippen LogP contribution in [0.15, 0.2) is 12.1 Å². The Morgan fingerprint density at radius 3 is 2.67 bits per heavy atom. The van der Waals surface area contributed by atoms with Crippen LogP contribution in [0.5, 0.6) is 11.5 Å². The standard InChI is InChI=1S/C11H13NO3/c1-12-8-3-2-6-4-9(13)10(14)5-7(6)11(8)15/h4-5,8,12-14H,2-3H2,1H3/t8-/m0/s1. The second-order valence-electron chi connectivity index (χ2n) is 3.74. The molecule has 3 N–H and O–H groups in total. The number of likely N-dealkylation sites (N-methyl/N-ethyl adjacent to an activating group) is 1. The Labute approximate surface area is 87.6 Å². The second-order valence-corrected chi connectivity index (χ2v) is 3.74. The zero-order valence-corrected chi connectivity index (χ0v) is 8.45. The van der Waals surface area contributed by atoms with Crippen LogP contribution in [0.1, 0.15) is 22.3 Å². The number of hydrogen-bond acceptors (Lipinski definition) is 4.